The molecule has 0 radical (unpaired) electrons. The van der Waals surface area contributed by atoms with E-state index in [0.29, 0.717) is 0 Å². The van der Waals surface area contributed by atoms with Crippen LogP contribution in [0.15, 0.2) is 24.3 Å². The molecule has 3 rings (SSSR count). The van der Waals surface area contributed by atoms with Gasteiger partial charge in [0.05, 0.1) is 5.41 Å². The molecule has 0 atom stereocenters. The first kappa shape index (κ1) is 17.8. The molecule has 1 amide bonds. The molecule has 3 nitrogen and oxygen atoms in total. The molecule has 0 unspecified atom stereocenters. The highest BCUT2D eigenvalue weighted by Crippen LogP contribution is 2.44. The fraction of sp³-hybridized carbons (Fsp3) is 0.650. The van der Waals surface area contributed by atoms with Crippen molar-refractivity contribution in [3.05, 3.63) is 34.9 Å². The molecule has 132 valence electrons. The Labute approximate surface area is 150 Å². The number of hydrogen-bond acceptors (Lipinski definition) is 2. The second-order valence-electron chi connectivity index (χ2n) is 7.58. The van der Waals surface area contributed by atoms with Crippen molar-refractivity contribution in [3.63, 3.8) is 0 Å². The monoisotopic (exact) mass is 348 g/mol. The predicted molar refractivity (Wildman–Crippen MR) is 99.4 cm³/mol. The molecule has 1 aromatic carbocycles. The highest BCUT2D eigenvalue weighted by atomic mass is 35.5. The van der Waals surface area contributed by atoms with Gasteiger partial charge in [-0.3, -0.25) is 4.79 Å². The number of nitrogens with zero attached hydrogens (tertiary/aromatic N) is 1. The fourth-order valence-electron chi connectivity index (χ4n) is 3.91. The van der Waals surface area contributed by atoms with Crippen LogP contribution in [0.25, 0.3) is 0 Å². The Morgan fingerprint density at radius 1 is 1.25 bits per heavy atom. The number of nitrogens with one attached hydrogen (secondary N) is 1. The van der Waals surface area contributed by atoms with Crippen molar-refractivity contribution in [1.29, 1.82) is 0 Å². The summed E-state index contributed by atoms with van der Waals surface area (Å²) in [5, 5.41) is 3.91. The lowest BCUT2D eigenvalue weighted by atomic mass is 9.64. The Kier molecular flexibility index (Phi) is 5.83. The van der Waals surface area contributed by atoms with Gasteiger partial charge in [-0.25, -0.2) is 0 Å². The van der Waals surface area contributed by atoms with Crippen LogP contribution in [-0.2, 0) is 10.2 Å². The molecule has 1 aliphatic carbocycles. The summed E-state index contributed by atoms with van der Waals surface area (Å²) in [6.45, 7) is 6.64. The number of carbonyl (C=O) groups excluding carboxylic acids is 1. The van der Waals surface area contributed by atoms with Crippen molar-refractivity contribution in [2.75, 3.05) is 26.2 Å². The van der Waals surface area contributed by atoms with Gasteiger partial charge in [-0.2, -0.15) is 0 Å². The smallest absolute Gasteiger partial charge is 0.230 e. The lowest BCUT2D eigenvalue weighted by Crippen LogP contribution is -2.49. The molecule has 2 fully saturated rings. The second-order valence-corrected chi connectivity index (χ2v) is 8.01. The number of carbonyl (C=O) groups is 1. The summed E-state index contributed by atoms with van der Waals surface area (Å²) in [6.07, 6.45) is 6.69. The zero-order valence-corrected chi connectivity index (χ0v) is 15.4. The van der Waals surface area contributed by atoms with E-state index in [1.165, 1.54) is 25.9 Å². The maximum atomic E-state index is 12.8. The van der Waals surface area contributed by atoms with Crippen LogP contribution in [-0.4, -0.2) is 37.0 Å². The van der Waals surface area contributed by atoms with Crippen molar-refractivity contribution in [2.24, 2.45) is 5.92 Å². The van der Waals surface area contributed by atoms with Crippen LogP contribution in [0.3, 0.4) is 0 Å². The van der Waals surface area contributed by atoms with Crippen LogP contribution in [0.4, 0.5) is 0 Å². The Morgan fingerprint density at radius 2 is 1.92 bits per heavy atom. The fourth-order valence-corrected chi connectivity index (χ4v) is 4.03. The van der Waals surface area contributed by atoms with Gasteiger partial charge in [0.1, 0.15) is 0 Å². The van der Waals surface area contributed by atoms with Gasteiger partial charge < -0.3 is 10.2 Å². The minimum atomic E-state index is -0.314. The van der Waals surface area contributed by atoms with E-state index >= 15 is 0 Å². The predicted octanol–water partition coefficient (Wildman–Crippen LogP) is 4.00. The largest absolute Gasteiger partial charge is 0.355 e. The Hall–Kier alpha value is -1.06. The average molecular weight is 349 g/mol. The molecule has 1 aromatic rings. The van der Waals surface area contributed by atoms with E-state index in [0.717, 1.165) is 55.3 Å². The van der Waals surface area contributed by atoms with Crippen LogP contribution in [0.5, 0.6) is 0 Å². The molecule has 0 bridgehead atoms. The van der Waals surface area contributed by atoms with Gasteiger partial charge in [-0.05, 0) is 75.4 Å². The molecule has 1 saturated heterocycles. The molecule has 1 saturated carbocycles. The molecule has 1 aliphatic heterocycles. The van der Waals surface area contributed by atoms with Crippen molar-refractivity contribution < 1.29 is 4.79 Å². The molecule has 1 heterocycles. The van der Waals surface area contributed by atoms with E-state index in [9.17, 15) is 4.79 Å². The van der Waals surface area contributed by atoms with Gasteiger partial charge >= 0.3 is 0 Å². The average Bonchev–Trinajstić information content (AvgIpc) is 2.54. The van der Waals surface area contributed by atoms with Crippen molar-refractivity contribution in [2.45, 2.75) is 50.9 Å². The summed E-state index contributed by atoms with van der Waals surface area (Å²) >= 11 is 5.98. The first-order valence-corrected chi connectivity index (χ1v) is 9.75. The molecule has 1 N–H and O–H groups in total. The van der Waals surface area contributed by atoms with E-state index in [1.54, 1.807) is 0 Å². The second kappa shape index (κ2) is 7.88. The number of halogens is 1. The highest BCUT2D eigenvalue weighted by molar-refractivity contribution is 6.30. The number of piperidine rings is 1. The van der Waals surface area contributed by atoms with Crippen LogP contribution in [0, 0.1) is 5.92 Å². The molecular weight excluding hydrogens is 320 g/mol. The molecule has 4 heteroatoms. The standard InChI is InChI=1S/C20H29ClN2O/c1-16-8-14-23(15-9-16)13-3-12-22-19(24)20(10-2-11-20)17-4-6-18(21)7-5-17/h4-7,16H,2-3,8-15H2,1H3,(H,22,24). The van der Waals surface area contributed by atoms with Gasteiger partial charge in [0.25, 0.3) is 0 Å². The molecule has 0 aromatic heterocycles. The topological polar surface area (TPSA) is 32.3 Å². The summed E-state index contributed by atoms with van der Waals surface area (Å²) < 4.78 is 0. The summed E-state index contributed by atoms with van der Waals surface area (Å²) in [6, 6.07) is 7.80. The third-order valence-corrected chi connectivity index (χ3v) is 6.10. The quantitative estimate of drug-likeness (QED) is 0.788. The van der Waals surface area contributed by atoms with E-state index in [4.69, 9.17) is 11.6 Å². The molecule has 2 aliphatic rings. The van der Waals surface area contributed by atoms with E-state index in [-0.39, 0.29) is 11.3 Å². The zero-order valence-electron chi connectivity index (χ0n) is 14.7. The minimum absolute atomic E-state index is 0.198. The zero-order chi connectivity index (χ0) is 17.0. The molecular formula is C20H29ClN2O. The lowest BCUT2D eigenvalue weighted by molar-refractivity contribution is -0.129. The third kappa shape index (κ3) is 3.94. The minimum Gasteiger partial charge on any atom is -0.355 e. The first-order valence-electron chi connectivity index (χ1n) is 9.37. The maximum Gasteiger partial charge on any atom is 0.230 e. The van der Waals surface area contributed by atoms with Gasteiger partial charge in [0.2, 0.25) is 5.91 Å². The Bertz CT molecular complexity index is 545. The number of benzene rings is 1. The third-order valence-electron chi connectivity index (χ3n) is 5.85. The summed E-state index contributed by atoms with van der Waals surface area (Å²) in [7, 11) is 0. The Morgan fingerprint density at radius 3 is 2.50 bits per heavy atom. The SMILES string of the molecule is CC1CCN(CCCNC(=O)C2(c3ccc(Cl)cc3)CCC2)CC1. The van der Waals surface area contributed by atoms with Crippen molar-refractivity contribution in [3.8, 4) is 0 Å². The van der Waals surface area contributed by atoms with Crippen molar-refractivity contribution >= 4 is 17.5 Å². The van der Waals surface area contributed by atoms with Crippen LogP contribution >= 0.6 is 11.6 Å². The van der Waals surface area contributed by atoms with E-state index in [2.05, 4.69) is 17.1 Å². The van der Waals surface area contributed by atoms with Crippen molar-refractivity contribution in [1.82, 2.24) is 10.2 Å². The summed E-state index contributed by atoms with van der Waals surface area (Å²) in [5.74, 6) is 1.07. The summed E-state index contributed by atoms with van der Waals surface area (Å²) in [4.78, 5) is 15.3. The highest BCUT2D eigenvalue weighted by Gasteiger charge is 2.45. The van der Waals surface area contributed by atoms with E-state index in [1.807, 2.05) is 24.3 Å². The normalized spacial score (nSPS) is 21.2. The first-order chi connectivity index (χ1) is 11.6. The number of rotatable bonds is 6. The van der Waals surface area contributed by atoms with Crippen LogP contribution < -0.4 is 5.32 Å². The van der Waals surface area contributed by atoms with Gasteiger partial charge in [0, 0.05) is 11.6 Å². The number of amides is 1. The van der Waals surface area contributed by atoms with Crippen LogP contribution in [0.1, 0.15) is 51.0 Å². The number of likely N-dealkylation sites (tertiary alicyclic amines) is 1. The lowest BCUT2D eigenvalue weighted by Gasteiger charge is -2.40. The maximum absolute atomic E-state index is 12.8. The number of hydrogen-bond donors (Lipinski definition) is 1. The molecule has 0 spiro atoms. The van der Waals surface area contributed by atoms with Gasteiger partial charge in [0.15, 0.2) is 0 Å². The van der Waals surface area contributed by atoms with Gasteiger partial charge in [-0.15, -0.1) is 0 Å². The van der Waals surface area contributed by atoms with Crippen LogP contribution in [0.2, 0.25) is 5.02 Å². The van der Waals surface area contributed by atoms with E-state index < -0.39 is 0 Å². The molecule has 24 heavy (non-hydrogen) atoms. The summed E-state index contributed by atoms with van der Waals surface area (Å²) in [5.41, 5.74) is 0.797. The Balaban J connectivity index is 1.46. The van der Waals surface area contributed by atoms with Gasteiger partial charge in [-0.1, -0.05) is 37.1 Å².